The summed E-state index contributed by atoms with van der Waals surface area (Å²) in [5.74, 6) is 0.849. The number of ether oxygens (including phenoxy) is 1. The molecule has 0 aliphatic rings. The van der Waals surface area contributed by atoms with Gasteiger partial charge in [-0.05, 0) is 13.0 Å². The van der Waals surface area contributed by atoms with Crippen molar-refractivity contribution < 1.29 is 9.26 Å². The standard InChI is InChI=1S/C10H15N5O2/c1-3-16-6-7(11)9-13-10(17-14-9)8-4-5-12-15(8)2/h4-5,7H,3,6,11H2,1-2H3. The third-order valence-corrected chi connectivity index (χ3v) is 2.31. The predicted octanol–water partition coefficient (Wildman–Crippen LogP) is 0.506. The van der Waals surface area contributed by atoms with Gasteiger partial charge in [0.25, 0.3) is 5.89 Å². The van der Waals surface area contributed by atoms with Crippen LogP contribution in [0.3, 0.4) is 0 Å². The molecule has 0 spiro atoms. The van der Waals surface area contributed by atoms with Crippen molar-refractivity contribution in [3.8, 4) is 11.6 Å². The van der Waals surface area contributed by atoms with Crippen molar-refractivity contribution in [3.05, 3.63) is 18.1 Å². The van der Waals surface area contributed by atoms with Crippen LogP contribution < -0.4 is 5.73 Å². The van der Waals surface area contributed by atoms with Gasteiger partial charge in [-0.3, -0.25) is 4.68 Å². The summed E-state index contributed by atoms with van der Waals surface area (Å²) >= 11 is 0. The quantitative estimate of drug-likeness (QED) is 0.814. The Morgan fingerprint density at radius 3 is 3.06 bits per heavy atom. The molecule has 7 heteroatoms. The Morgan fingerprint density at radius 2 is 2.41 bits per heavy atom. The average Bonchev–Trinajstić information content (AvgIpc) is 2.93. The lowest BCUT2D eigenvalue weighted by molar-refractivity contribution is 0.130. The highest BCUT2D eigenvalue weighted by molar-refractivity contribution is 5.45. The maximum absolute atomic E-state index is 5.85. The van der Waals surface area contributed by atoms with Crippen LogP contribution in [-0.4, -0.2) is 33.1 Å². The summed E-state index contributed by atoms with van der Waals surface area (Å²) in [4.78, 5) is 4.22. The molecule has 0 bridgehead atoms. The predicted molar refractivity (Wildman–Crippen MR) is 59.9 cm³/mol. The Balaban J connectivity index is 2.13. The first-order chi connectivity index (χ1) is 8.22. The Kier molecular flexibility index (Phi) is 3.50. The largest absolute Gasteiger partial charge is 0.380 e. The maximum Gasteiger partial charge on any atom is 0.276 e. The average molecular weight is 237 g/mol. The van der Waals surface area contributed by atoms with E-state index >= 15 is 0 Å². The minimum Gasteiger partial charge on any atom is -0.380 e. The molecule has 0 aromatic carbocycles. The van der Waals surface area contributed by atoms with E-state index < -0.39 is 0 Å². The molecule has 1 unspecified atom stereocenters. The topological polar surface area (TPSA) is 92.0 Å². The molecule has 1 atom stereocenters. The monoisotopic (exact) mass is 237 g/mol. The molecule has 0 saturated carbocycles. The molecule has 7 nitrogen and oxygen atoms in total. The second-order valence-corrected chi connectivity index (χ2v) is 3.56. The molecule has 0 aliphatic carbocycles. The van der Waals surface area contributed by atoms with Gasteiger partial charge < -0.3 is 15.0 Å². The van der Waals surface area contributed by atoms with Crippen LogP contribution in [0.1, 0.15) is 18.8 Å². The van der Waals surface area contributed by atoms with Crippen molar-refractivity contribution in [3.63, 3.8) is 0 Å². The van der Waals surface area contributed by atoms with Crippen LogP contribution in [0.5, 0.6) is 0 Å². The molecule has 0 fully saturated rings. The lowest BCUT2D eigenvalue weighted by Crippen LogP contribution is -2.18. The molecular formula is C10H15N5O2. The van der Waals surface area contributed by atoms with Gasteiger partial charge in [0.15, 0.2) is 5.82 Å². The molecule has 2 rings (SSSR count). The molecule has 0 amide bonds. The molecule has 2 N–H and O–H groups in total. The number of nitrogens with zero attached hydrogens (tertiary/aromatic N) is 4. The van der Waals surface area contributed by atoms with Crippen molar-refractivity contribution in [2.75, 3.05) is 13.2 Å². The number of hydrogen-bond donors (Lipinski definition) is 1. The van der Waals surface area contributed by atoms with E-state index in [2.05, 4.69) is 15.2 Å². The minimum absolute atomic E-state index is 0.374. The van der Waals surface area contributed by atoms with Crippen LogP contribution >= 0.6 is 0 Å². The molecule has 17 heavy (non-hydrogen) atoms. The summed E-state index contributed by atoms with van der Waals surface area (Å²) in [6.07, 6.45) is 1.67. The van der Waals surface area contributed by atoms with Gasteiger partial charge in [-0.2, -0.15) is 10.1 Å². The molecule has 92 valence electrons. The maximum atomic E-state index is 5.85. The highest BCUT2D eigenvalue weighted by atomic mass is 16.5. The normalized spacial score (nSPS) is 12.9. The van der Waals surface area contributed by atoms with Crippen molar-refractivity contribution in [2.24, 2.45) is 12.8 Å². The number of aromatic nitrogens is 4. The molecule has 2 heterocycles. The highest BCUT2D eigenvalue weighted by Gasteiger charge is 2.16. The molecule has 2 aromatic heterocycles. The van der Waals surface area contributed by atoms with E-state index in [1.54, 1.807) is 24.0 Å². The van der Waals surface area contributed by atoms with Gasteiger partial charge in [0.2, 0.25) is 0 Å². The molecule has 0 aliphatic heterocycles. The number of nitrogens with two attached hydrogens (primary N) is 1. The zero-order valence-electron chi connectivity index (χ0n) is 9.83. The molecule has 0 saturated heterocycles. The van der Waals surface area contributed by atoms with Crippen LogP contribution in [0, 0.1) is 0 Å². The summed E-state index contributed by atoms with van der Waals surface area (Å²) in [6.45, 7) is 2.89. The van der Waals surface area contributed by atoms with Gasteiger partial charge in [-0.25, -0.2) is 0 Å². The van der Waals surface area contributed by atoms with Gasteiger partial charge in [0, 0.05) is 19.9 Å². The van der Waals surface area contributed by atoms with Gasteiger partial charge in [-0.15, -0.1) is 0 Å². The van der Waals surface area contributed by atoms with E-state index in [-0.39, 0.29) is 6.04 Å². The van der Waals surface area contributed by atoms with Gasteiger partial charge in [0.1, 0.15) is 5.69 Å². The summed E-state index contributed by atoms with van der Waals surface area (Å²) in [5.41, 5.74) is 6.61. The van der Waals surface area contributed by atoms with Gasteiger partial charge in [-0.1, -0.05) is 5.16 Å². The van der Waals surface area contributed by atoms with E-state index in [0.717, 1.165) is 5.69 Å². The van der Waals surface area contributed by atoms with Gasteiger partial charge >= 0.3 is 0 Å². The van der Waals surface area contributed by atoms with E-state index in [4.69, 9.17) is 15.0 Å². The fourth-order valence-electron chi connectivity index (χ4n) is 1.39. The SMILES string of the molecule is CCOCC(N)c1noc(-c2ccnn2C)n1. The summed E-state index contributed by atoms with van der Waals surface area (Å²) in [7, 11) is 1.80. The third kappa shape index (κ3) is 2.51. The Labute approximate surface area is 98.6 Å². The smallest absolute Gasteiger partial charge is 0.276 e. The van der Waals surface area contributed by atoms with Crippen molar-refractivity contribution >= 4 is 0 Å². The molecule has 0 radical (unpaired) electrons. The lowest BCUT2D eigenvalue weighted by atomic mass is 10.3. The Hall–Kier alpha value is -1.73. The first-order valence-electron chi connectivity index (χ1n) is 5.37. The van der Waals surface area contributed by atoms with Crippen LogP contribution in [0.4, 0.5) is 0 Å². The van der Waals surface area contributed by atoms with Crippen molar-refractivity contribution in [1.29, 1.82) is 0 Å². The molecule has 2 aromatic rings. The first kappa shape index (κ1) is 11.7. The zero-order valence-corrected chi connectivity index (χ0v) is 9.83. The first-order valence-corrected chi connectivity index (χ1v) is 5.37. The van der Waals surface area contributed by atoms with Crippen LogP contribution in [-0.2, 0) is 11.8 Å². The summed E-state index contributed by atoms with van der Waals surface area (Å²) in [5, 5.41) is 7.86. The Morgan fingerprint density at radius 1 is 1.59 bits per heavy atom. The van der Waals surface area contributed by atoms with Gasteiger partial charge in [0.05, 0.1) is 12.6 Å². The fraction of sp³-hybridized carbons (Fsp3) is 0.500. The Bertz CT molecular complexity index is 479. The van der Waals surface area contributed by atoms with E-state index in [1.807, 2.05) is 6.92 Å². The minimum atomic E-state index is -0.374. The fourth-order valence-corrected chi connectivity index (χ4v) is 1.39. The number of rotatable bonds is 5. The summed E-state index contributed by atoms with van der Waals surface area (Å²) in [6, 6.07) is 1.42. The zero-order chi connectivity index (χ0) is 12.3. The van der Waals surface area contributed by atoms with E-state index in [1.165, 1.54) is 0 Å². The van der Waals surface area contributed by atoms with E-state index in [0.29, 0.717) is 24.9 Å². The van der Waals surface area contributed by atoms with Crippen LogP contribution in [0.2, 0.25) is 0 Å². The number of aryl methyl sites for hydroxylation is 1. The highest BCUT2D eigenvalue weighted by Crippen LogP contribution is 2.17. The van der Waals surface area contributed by atoms with E-state index in [9.17, 15) is 0 Å². The van der Waals surface area contributed by atoms with Crippen LogP contribution in [0.25, 0.3) is 11.6 Å². The molecular weight excluding hydrogens is 222 g/mol. The van der Waals surface area contributed by atoms with Crippen molar-refractivity contribution in [2.45, 2.75) is 13.0 Å². The third-order valence-electron chi connectivity index (χ3n) is 2.31. The van der Waals surface area contributed by atoms with Crippen molar-refractivity contribution in [1.82, 2.24) is 19.9 Å². The second-order valence-electron chi connectivity index (χ2n) is 3.56. The summed E-state index contributed by atoms with van der Waals surface area (Å²) < 4.78 is 12.0. The number of hydrogen-bond acceptors (Lipinski definition) is 6. The lowest BCUT2D eigenvalue weighted by Gasteiger charge is -2.05. The second kappa shape index (κ2) is 5.07. The van der Waals surface area contributed by atoms with Crippen LogP contribution in [0.15, 0.2) is 16.8 Å².